The van der Waals surface area contributed by atoms with Crippen molar-refractivity contribution < 1.29 is 14.3 Å². The van der Waals surface area contributed by atoms with Gasteiger partial charge in [-0.1, -0.05) is 13.8 Å². The van der Waals surface area contributed by atoms with Gasteiger partial charge in [0.15, 0.2) is 11.5 Å². The summed E-state index contributed by atoms with van der Waals surface area (Å²) in [7, 11) is 3.15. The molecule has 0 radical (unpaired) electrons. The first-order chi connectivity index (χ1) is 11.5. The number of ether oxygens (including phenoxy) is 2. The fraction of sp³-hybridized carbons (Fsp3) is 0.632. The highest BCUT2D eigenvalue weighted by atomic mass is 16.5. The SMILES string of the molecule is COc1ccc(C(=O)NCCCN2C[C@H](C)C[C@H](C)C2)cc1OC. The van der Waals surface area contributed by atoms with Crippen LogP contribution < -0.4 is 14.8 Å². The number of amides is 1. The van der Waals surface area contributed by atoms with Crippen molar-refractivity contribution in [3.8, 4) is 11.5 Å². The molecule has 1 aromatic rings. The molecule has 5 nitrogen and oxygen atoms in total. The Kier molecular flexibility index (Phi) is 6.91. The molecule has 1 amide bonds. The highest BCUT2D eigenvalue weighted by molar-refractivity contribution is 5.94. The molecule has 2 atom stereocenters. The average Bonchev–Trinajstić information content (AvgIpc) is 2.57. The van der Waals surface area contributed by atoms with E-state index in [9.17, 15) is 4.79 Å². The number of likely N-dealkylation sites (tertiary alicyclic amines) is 1. The minimum absolute atomic E-state index is 0.0728. The zero-order chi connectivity index (χ0) is 17.5. The number of carbonyl (C=O) groups is 1. The van der Waals surface area contributed by atoms with Crippen LogP contribution in [-0.4, -0.2) is 51.2 Å². The average molecular weight is 334 g/mol. The molecule has 24 heavy (non-hydrogen) atoms. The first kappa shape index (κ1) is 18.6. The number of piperidine rings is 1. The molecule has 1 aliphatic rings. The van der Waals surface area contributed by atoms with Crippen LogP contribution in [0.3, 0.4) is 0 Å². The van der Waals surface area contributed by atoms with E-state index in [0.717, 1.165) is 24.8 Å². The van der Waals surface area contributed by atoms with Gasteiger partial charge >= 0.3 is 0 Å². The second-order valence-corrected chi connectivity index (χ2v) is 6.88. The lowest BCUT2D eigenvalue weighted by Crippen LogP contribution is -2.40. The fourth-order valence-corrected chi connectivity index (χ4v) is 3.56. The van der Waals surface area contributed by atoms with Gasteiger partial charge in [0.05, 0.1) is 14.2 Å². The second kappa shape index (κ2) is 8.92. The molecule has 1 fully saturated rings. The molecule has 1 N–H and O–H groups in total. The Balaban J connectivity index is 1.77. The first-order valence-corrected chi connectivity index (χ1v) is 8.76. The van der Waals surface area contributed by atoms with Gasteiger partial charge in [-0.05, 0) is 49.4 Å². The number of rotatable bonds is 7. The summed E-state index contributed by atoms with van der Waals surface area (Å²) in [5, 5.41) is 2.99. The van der Waals surface area contributed by atoms with E-state index in [1.165, 1.54) is 19.5 Å². The quantitative estimate of drug-likeness (QED) is 0.779. The maximum absolute atomic E-state index is 12.2. The van der Waals surface area contributed by atoms with Crippen molar-refractivity contribution in [2.45, 2.75) is 26.7 Å². The Morgan fingerprint density at radius 3 is 2.46 bits per heavy atom. The van der Waals surface area contributed by atoms with E-state index in [1.807, 2.05) is 0 Å². The third-order valence-corrected chi connectivity index (χ3v) is 4.53. The normalized spacial score (nSPS) is 21.3. The Bertz CT molecular complexity index is 537. The zero-order valence-corrected chi connectivity index (χ0v) is 15.3. The summed E-state index contributed by atoms with van der Waals surface area (Å²) in [6.45, 7) is 8.72. The molecule has 2 rings (SSSR count). The summed E-state index contributed by atoms with van der Waals surface area (Å²) in [5.41, 5.74) is 0.591. The van der Waals surface area contributed by atoms with Crippen molar-refractivity contribution in [3.63, 3.8) is 0 Å². The second-order valence-electron chi connectivity index (χ2n) is 6.88. The molecule has 1 aliphatic heterocycles. The molecular weight excluding hydrogens is 304 g/mol. The number of methoxy groups -OCH3 is 2. The van der Waals surface area contributed by atoms with E-state index in [-0.39, 0.29) is 5.91 Å². The highest BCUT2D eigenvalue weighted by Gasteiger charge is 2.21. The van der Waals surface area contributed by atoms with Gasteiger partial charge in [-0.15, -0.1) is 0 Å². The minimum atomic E-state index is -0.0728. The zero-order valence-electron chi connectivity index (χ0n) is 15.3. The third-order valence-electron chi connectivity index (χ3n) is 4.53. The van der Waals surface area contributed by atoms with Gasteiger partial charge in [0.25, 0.3) is 5.91 Å². The van der Waals surface area contributed by atoms with Gasteiger partial charge in [-0.3, -0.25) is 4.79 Å². The number of hydrogen-bond donors (Lipinski definition) is 1. The van der Waals surface area contributed by atoms with Crippen LogP contribution in [-0.2, 0) is 0 Å². The predicted molar refractivity (Wildman–Crippen MR) is 95.9 cm³/mol. The number of benzene rings is 1. The predicted octanol–water partition coefficient (Wildman–Crippen LogP) is 2.80. The maximum atomic E-state index is 12.2. The Morgan fingerprint density at radius 1 is 1.17 bits per heavy atom. The van der Waals surface area contributed by atoms with E-state index in [2.05, 4.69) is 24.1 Å². The molecular formula is C19H30N2O3. The first-order valence-electron chi connectivity index (χ1n) is 8.76. The van der Waals surface area contributed by atoms with Crippen molar-refractivity contribution in [2.75, 3.05) is 40.4 Å². The van der Waals surface area contributed by atoms with Gasteiger partial charge in [0.1, 0.15) is 0 Å². The van der Waals surface area contributed by atoms with E-state index in [1.54, 1.807) is 32.4 Å². The molecule has 0 saturated carbocycles. The Labute approximate surface area is 145 Å². The summed E-state index contributed by atoms with van der Waals surface area (Å²) >= 11 is 0. The van der Waals surface area contributed by atoms with Crippen molar-refractivity contribution in [3.05, 3.63) is 23.8 Å². The van der Waals surface area contributed by atoms with Gasteiger partial charge in [0.2, 0.25) is 0 Å². The molecule has 5 heteroatoms. The van der Waals surface area contributed by atoms with Crippen LogP contribution in [0.1, 0.15) is 37.0 Å². The van der Waals surface area contributed by atoms with Crippen LogP contribution in [0.15, 0.2) is 18.2 Å². The molecule has 1 heterocycles. The lowest BCUT2D eigenvalue weighted by Gasteiger charge is -2.34. The van der Waals surface area contributed by atoms with Crippen molar-refractivity contribution in [2.24, 2.45) is 11.8 Å². The van der Waals surface area contributed by atoms with Crippen LogP contribution in [0.25, 0.3) is 0 Å². The van der Waals surface area contributed by atoms with Crippen LogP contribution >= 0.6 is 0 Å². The standard InChI is InChI=1S/C19H30N2O3/c1-14-10-15(2)13-21(12-14)9-5-8-20-19(22)16-6-7-17(23-3)18(11-16)24-4/h6-7,11,14-15H,5,8-10,12-13H2,1-4H3,(H,20,22)/t14-,15+. The smallest absolute Gasteiger partial charge is 0.251 e. The molecule has 1 saturated heterocycles. The summed E-state index contributed by atoms with van der Waals surface area (Å²) in [6.07, 6.45) is 2.30. The Hall–Kier alpha value is -1.75. The number of nitrogens with one attached hydrogen (secondary N) is 1. The van der Waals surface area contributed by atoms with E-state index < -0.39 is 0 Å². The summed E-state index contributed by atoms with van der Waals surface area (Å²) in [5.74, 6) is 2.67. The number of carbonyl (C=O) groups excluding carboxylic acids is 1. The van der Waals surface area contributed by atoms with E-state index >= 15 is 0 Å². The number of nitrogens with zero attached hydrogens (tertiary/aromatic N) is 1. The maximum Gasteiger partial charge on any atom is 0.251 e. The highest BCUT2D eigenvalue weighted by Crippen LogP contribution is 2.27. The largest absolute Gasteiger partial charge is 0.493 e. The number of hydrogen-bond acceptors (Lipinski definition) is 4. The molecule has 0 aromatic heterocycles. The Morgan fingerprint density at radius 2 is 1.83 bits per heavy atom. The summed E-state index contributed by atoms with van der Waals surface area (Å²) < 4.78 is 10.4. The lowest BCUT2D eigenvalue weighted by atomic mass is 9.92. The lowest BCUT2D eigenvalue weighted by molar-refractivity contribution is 0.0947. The monoisotopic (exact) mass is 334 g/mol. The van der Waals surface area contributed by atoms with Crippen molar-refractivity contribution >= 4 is 5.91 Å². The van der Waals surface area contributed by atoms with Gasteiger partial charge in [0, 0.05) is 25.2 Å². The molecule has 0 aliphatic carbocycles. The van der Waals surface area contributed by atoms with Gasteiger partial charge in [-0.2, -0.15) is 0 Å². The van der Waals surface area contributed by atoms with Crippen LogP contribution in [0.4, 0.5) is 0 Å². The topological polar surface area (TPSA) is 50.8 Å². The molecule has 0 bridgehead atoms. The van der Waals surface area contributed by atoms with Crippen LogP contribution in [0.2, 0.25) is 0 Å². The molecule has 0 unspecified atom stereocenters. The minimum Gasteiger partial charge on any atom is -0.493 e. The van der Waals surface area contributed by atoms with Crippen molar-refractivity contribution in [1.29, 1.82) is 0 Å². The van der Waals surface area contributed by atoms with Gasteiger partial charge in [-0.25, -0.2) is 0 Å². The molecule has 0 spiro atoms. The molecule has 1 aromatic carbocycles. The fourth-order valence-electron chi connectivity index (χ4n) is 3.56. The summed E-state index contributed by atoms with van der Waals surface area (Å²) in [6, 6.07) is 5.22. The third kappa shape index (κ3) is 5.13. The van der Waals surface area contributed by atoms with E-state index in [0.29, 0.717) is 23.6 Å². The van der Waals surface area contributed by atoms with E-state index in [4.69, 9.17) is 9.47 Å². The molecule has 134 valence electrons. The summed E-state index contributed by atoms with van der Waals surface area (Å²) in [4.78, 5) is 14.8. The van der Waals surface area contributed by atoms with Crippen LogP contribution in [0, 0.1) is 11.8 Å². The van der Waals surface area contributed by atoms with Crippen LogP contribution in [0.5, 0.6) is 11.5 Å². The van der Waals surface area contributed by atoms with Gasteiger partial charge < -0.3 is 19.7 Å². The van der Waals surface area contributed by atoms with Crippen molar-refractivity contribution in [1.82, 2.24) is 10.2 Å².